The molecule has 2 amide bonds. The summed E-state index contributed by atoms with van der Waals surface area (Å²) in [5.41, 5.74) is 7.06. The van der Waals surface area contributed by atoms with Crippen molar-refractivity contribution in [2.75, 3.05) is 19.7 Å². The zero-order valence-electron chi connectivity index (χ0n) is 15.0. The molecule has 0 spiro atoms. The van der Waals surface area contributed by atoms with E-state index in [0.29, 0.717) is 31.2 Å². The molecule has 2 aromatic rings. The van der Waals surface area contributed by atoms with Crippen LogP contribution in [0.2, 0.25) is 0 Å². The number of ether oxygens (including phenoxy) is 1. The number of nitrogens with zero attached hydrogens (tertiary/aromatic N) is 2. The number of carbonyl (C=O) groups excluding carboxylic acids is 2. The Morgan fingerprint density at radius 1 is 1.27 bits per heavy atom. The lowest BCUT2D eigenvalue weighted by atomic mass is 9.96. The number of hydrogen-bond acceptors (Lipinski definition) is 5. The van der Waals surface area contributed by atoms with E-state index in [2.05, 4.69) is 5.16 Å². The minimum absolute atomic E-state index is 0.0622. The average molecular weight is 357 g/mol. The third-order valence-electron chi connectivity index (χ3n) is 4.88. The Labute approximate surface area is 152 Å². The topological polar surface area (TPSA) is 98.7 Å². The van der Waals surface area contributed by atoms with E-state index in [-0.39, 0.29) is 18.2 Å². The molecular formula is C19H23N3O4. The summed E-state index contributed by atoms with van der Waals surface area (Å²) >= 11 is 0. The maximum Gasteiger partial charge on any atom is 0.227 e. The molecule has 0 unspecified atom stereocenters. The SMILES string of the molecule is Cc1noc(C)c1CC(=O)N1C[C@@H](COc2ccccc2)[C@H](C(N)=O)C1. The van der Waals surface area contributed by atoms with E-state index < -0.39 is 11.8 Å². The fourth-order valence-electron chi connectivity index (χ4n) is 3.30. The van der Waals surface area contributed by atoms with Crippen LogP contribution >= 0.6 is 0 Å². The Morgan fingerprint density at radius 2 is 2.00 bits per heavy atom. The van der Waals surface area contributed by atoms with Gasteiger partial charge in [-0.2, -0.15) is 0 Å². The number of aryl methyl sites for hydroxylation is 2. The van der Waals surface area contributed by atoms with Crippen molar-refractivity contribution in [1.29, 1.82) is 0 Å². The minimum Gasteiger partial charge on any atom is -0.493 e. The summed E-state index contributed by atoms with van der Waals surface area (Å²) in [6, 6.07) is 9.39. The van der Waals surface area contributed by atoms with Crippen molar-refractivity contribution in [2.45, 2.75) is 20.3 Å². The monoisotopic (exact) mass is 357 g/mol. The van der Waals surface area contributed by atoms with Crippen LogP contribution in [0, 0.1) is 25.7 Å². The van der Waals surface area contributed by atoms with Crippen LogP contribution in [0.15, 0.2) is 34.9 Å². The first kappa shape index (κ1) is 18.0. The minimum atomic E-state index is -0.410. The van der Waals surface area contributed by atoms with E-state index in [1.807, 2.05) is 37.3 Å². The Bertz CT molecular complexity index is 768. The summed E-state index contributed by atoms with van der Waals surface area (Å²) in [4.78, 5) is 26.2. The van der Waals surface area contributed by atoms with Gasteiger partial charge in [-0.3, -0.25) is 9.59 Å². The number of amides is 2. The fourth-order valence-corrected chi connectivity index (χ4v) is 3.30. The van der Waals surface area contributed by atoms with Crippen molar-refractivity contribution in [1.82, 2.24) is 10.1 Å². The predicted molar refractivity (Wildman–Crippen MR) is 94.4 cm³/mol. The molecule has 0 aliphatic carbocycles. The highest BCUT2D eigenvalue weighted by Crippen LogP contribution is 2.26. The Morgan fingerprint density at radius 3 is 2.62 bits per heavy atom. The van der Waals surface area contributed by atoms with Crippen LogP contribution in [-0.4, -0.2) is 41.6 Å². The van der Waals surface area contributed by atoms with Gasteiger partial charge in [0.15, 0.2) is 0 Å². The van der Waals surface area contributed by atoms with E-state index in [4.69, 9.17) is 15.0 Å². The maximum atomic E-state index is 12.7. The number of aromatic nitrogens is 1. The molecule has 2 atom stereocenters. The Hall–Kier alpha value is -2.83. The van der Waals surface area contributed by atoms with Gasteiger partial charge in [0, 0.05) is 24.6 Å². The van der Waals surface area contributed by atoms with E-state index in [0.717, 1.165) is 11.3 Å². The largest absolute Gasteiger partial charge is 0.493 e. The van der Waals surface area contributed by atoms with Crippen molar-refractivity contribution in [3.05, 3.63) is 47.3 Å². The van der Waals surface area contributed by atoms with Crippen molar-refractivity contribution >= 4 is 11.8 Å². The molecule has 7 heteroatoms. The van der Waals surface area contributed by atoms with Crippen LogP contribution < -0.4 is 10.5 Å². The summed E-state index contributed by atoms with van der Waals surface area (Å²) in [6.45, 7) is 4.71. The van der Waals surface area contributed by atoms with Crippen molar-refractivity contribution < 1.29 is 18.8 Å². The number of primary amides is 1. The fraction of sp³-hybridized carbons (Fsp3) is 0.421. The highest BCUT2D eigenvalue weighted by Gasteiger charge is 2.39. The Kier molecular flexibility index (Phi) is 5.25. The normalized spacial score (nSPS) is 19.5. The third-order valence-corrected chi connectivity index (χ3v) is 4.88. The molecule has 0 radical (unpaired) electrons. The second-order valence-corrected chi connectivity index (χ2v) is 6.67. The number of para-hydroxylation sites is 1. The molecule has 0 saturated carbocycles. The summed E-state index contributed by atoms with van der Waals surface area (Å²) in [7, 11) is 0. The van der Waals surface area contributed by atoms with Gasteiger partial charge in [0.2, 0.25) is 11.8 Å². The lowest BCUT2D eigenvalue weighted by Crippen LogP contribution is -2.33. The van der Waals surface area contributed by atoms with Crippen molar-refractivity contribution in [2.24, 2.45) is 17.6 Å². The highest BCUT2D eigenvalue weighted by molar-refractivity contribution is 5.82. The number of rotatable bonds is 6. The average Bonchev–Trinajstić information content (AvgIpc) is 3.20. The van der Waals surface area contributed by atoms with Gasteiger partial charge in [-0.1, -0.05) is 23.4 Å². The van der Waals surface area contributed by atoms with E-state index >= 15 is 0 Å². The lowest BCUT2D eigenvalue weighted by molar-refractivity contribution is -0.129. The molecule has 1 aliphatic heterocycles. The molecule has 2 N–H and O–H groups in total. The lowest BCUT2D eigenvalue weighted by Gasteiger charge is -2.17. The van der Waals surface area contributed by atoms with Crippen molar-refractivity contribution in [3.8, 4) is 5.75 Å². The Balaban J connectivity index is 1.64. The number of likely N-dealkylation sites (tertiary alicyclic amines) is 1. The highest BCUT2D eigenvalue weighted by atomic mass is 16.5. The van der Waals surface area contributed by atoms with Crippen LogP contribution in [0.5, 0.6) is 5.75 Å². The molecule has 2 heterocycles. The smallest absolute Gasteiger partial charge is 0.227 e. The van der Waals surface area contributed by atoms with E-state index in [1.165, 1.54) is 0 Å². The first-order chi connectivity index (χ1) is 12.5. The maximum absolute atomic E-state index is 12.7. The summed E-state index contributed by atoms with van der Waals surface area (Å²) in [5, 5.41) is 3.88. The zero-order chi connectivity index (χ0) is 18.7. The van der Waals surface area contributed by atoms with Gasteiger partial charge in [0.1, 0.15) is 11.5 Å². The number of benzene rings is 1. The van der Waals surface area contributed by atoms with Crippen LogP contribution in [0.3, 0.4) is 0 Å². The number of hydrogen-bond donors (Lipinski definition) is 1. The first-order valence-electron chi connectivity index (χ1n) is 8.62. The molecule has 1 aromatic carbocycles. The van der Waals surface area contributed by atoms with Crippen LogP contribution in [-0.2, 0) is 16.0 Å². The second kappa shape index (κ2) is 7.59. The molecule has 7 nitrogen and oxygen atoms in total. The molecule has 0 bridgehead atoms. The van der Waals surface area contributed by atoms with Gasteiger partial charge in [-0.25, -0.2) is 0 Å². The van der Waals surface area contributed by atoms with Gasteiger partial charge in [0.05, 0.1) is 24.6 Å². The standard InChI is InChI=1S/C19H23N3O4/c1-12-16(13(2)26-21-12)8-18(23)22-9-14(17(10-22)19(20)24)11-25-15-6-4-3-5-7-15/h3-7,14,17H,8-11H2,1-2H3,(H2,20,24)/t14-,17+/m0/s1. The van der Waals surface area contributed by atoms with Gasteiger partial charge < -0.3 is 19.9 Å². The molecule has 1 aliphatic rings. The van der Waals surface area contributed by atoms with Gasteiger partial charge in [0.25, 0.3) is 0 Å². The van der Waals surface area contributed by atoms with E-state index in [1.54, 1.807) is 11.8 Å². The summed E-state index contributed by atoms with van der Waals surface area (Å²) in [5.74, 6) is 0.377. The number of carbonyl (C=O) groups is 2. The summed E-state index contributed by atoms with van der Waals surface area (Å²) < 4.78 is 10.9. The number of nitrogens with two attached hydrogens (primary N) is 1. The van der Waals surface area contributed by atoms with Gasteiger partial charge in [-0.05, 0) is 26.0 Å². The molecule has 26 heavy (non-hydrogen) atoms. The molecule has 1 saturated heterocycles. The van der Waals surface area contributed by atoms with E-state index in [9.17, 15) is 9.59 Å². The molecular weight excluding hydrogens is 334 g/mol. The molecule has 138 valence electrons. The van der Waals surface area contributed by atoms with Crippen LogP contribution in [0.25, 0.3) is 0 Å². The van der Waals surface area contributed by atoms with Crippen LogP contribution in [0.1, 0.15) is 17.0 Å². The predicted octanol–water partition coefficient (Wildman–Crippen LogP) is 1.47. The molecule has 1 aromatic heterocycles. The summed E-state index contributed by atoms with van der Waals surface area (Å²) in [6.07, 6.45) is 0.207. The van der Waals surface area contributed by atoms with Gasteiger partial charge in [-0.15, -0.1) is 0 Å². The zero-order valence-corrected chi connectivity index (χ0v) is 15.0. The molecule has 1 fully saturated rings. The van der Waals surface area contributed by atoms with Crippen LogP contribution in [0.4, 0.5) is 0 Å². The van der Waals surface area contributed by atoms with Crippen molar-refractivity contribution in [3.63, 3.8) is 0 Å². The van der Waals surface area contributed by atoms with Gasteiger partial charge >= 0.3 is 0 Å². The first-order valence-corrected chi connectivity index (χ1v) is 8.62. The second-order valence-electron chi connectivity index (χ2n) is 6.67. The quantitative estimate of drug-likeness (QED) is 0.844. The molecule has 3 rings (SSSR count). The third kappa shape index (κ3) is 3.87.